The molecule has 0 aliphatic heterocycles. The first-order valence-corrected chi connectivity index (χ1v) is 7.93. The summed E-state index contributed by atoms with van der Waals surface area (Å²) in [6.07, 6.45) is 0.444. The summed E-state index contributed by atoms with van der Waals surface area (Å²) < 4.78 is 25.8. The summed E-state index contributed by atoms with van der Waals surface area (Å²) in [5, 5.41) is 0. The molecule has 0 fully saturated rings. The van der Waals surface area contributed by atoms with E-state index in [4.69, 9.17) is 18.0 Å². The van der Waals surface area contributed by atoms with Crippen LogP contribution in [0.15, 0.2) is 0 Å². The van der Waals surface area contributed by atoms with E-state index in [-0.39, 0.29) is 11.7 Å². The molecule has 4 nitrogen and oxygen atoms in total. The molecule has 0 amide bonds. The average molecular weight is 280 g/mol. The van der Waals surface area contributed by atoms with Gasteiger partial charge in [-0.1, -0.05) is 39.9 Å². The summed E-state index contributed by atoms with van der Waals surface area (Å²) in [5.41, 5.74) is 5.43. The van der Waals surface area contributed by atoms with Gasteiger partial charge in [0.25, 0.3) is 0 Å². The molecule has 0 aromatic carbocycles. The SMILES string of the molecule is CC(C)CN(CCC(N)=S)S(=O)(=O)CC(C)C. The van der Waals surface area contributed by atoms with Crippen molar-refractivity contribution in [3.63, 3.8) is 0 Å². The summed E-state index contributed by atoms with van der Waals surface area (Å²) in [4.78, 5) is 0.360. The number of hydrogen-bond donors (Lipinski definition) is 1. The van der Waals surface area contributed by atoms with Crippen LogP contribution in [0.5, 0.6) is 0 Å². The van der Waals surface area contributed by atoms with Crippen molar-refractivity contribution in [1.29, 1.82) is 0 Å². The van der Waals surface area contributed by atoms with Crippen LogP contribution >= 0.6 is 12.2 Å². The summed E-state index contributed by atoms with van der Waals surface area (Å²) in [6.45, 7) is 8.72. The number of nitrogens with two attached hydrogens (primary N) is 1. The highest BCUT2D eigenvalue weighted by Gasteiger charge is 2.23. The fourth-order valence-corrected chi connectivity index (χ4v) is 3.55. The summed E-state index contributed by atoms with van der Waals surface area (Å²) in [5.74, 6) is 0.597. The van der Waals surface area contributed by atoms with Crippen LogP contribution in [0.2, 0.25) is 0 Å². The molecule has 0 rings (SSSR count). The Balaban J connectivity index is 4.71. The third-order valence-corrected chi connectivity index (χ3v) is 4.52. The Labute approximate surface area is 111 Å². The molecular formula is C11H24N2O2S2. The lowest BCUT2D eigenvalue weighted by atomic mass is 10.2. The van der Waals surface area contributed by atoms with Gasteiger partial charge in [-0.3, -0.25) is 0 Å². The third kappa shape index (κ3) is 7.68. The van der Waals surface area contributed by atoms with E-state index in [0.29, 0.717) is 30.4 Å². The lowest BCUT2D eigenvalue weighted by Crippen LogP contribution is -2.38. The minimum Gasteiger partial charge on any atom is -0.393 e. The Hall–Kier alpha value is -0.200. The highest BCUT2D eigenvalue weighted by atomic mass is 32.2. The van der Waals surface area contributed by atoms with Crippen molar-refractivity contribution in [3.05, 3.63) is 0 Å². The van der Waals surface area contributed by atoms with E-state index in [1.807, 2.05) is 27.7 Å². The van der Waals surface area contributed by atoms with Crippen LogP contribution in [0.25, 0.3) is 0 Å². The fourth-order valence-electron chi connectivity index (χ4n) is 1.51. The minimum atomic E-state index is -3.19. The third-order valence-electron chi connectivity index (χ3n) is 2.11. The maximum atomic E-state index is 12.1. The Morgan fingerprint density at radius 3 is 2.12 bits per heavy atom. The molecule has 0 aromatic heterocycles. The van der Waals surface area contributed by atoms with Crippen molar-refractivity contribution >= 4 is 27.2 Å². The molecule has 0 saturated heterocycles. The number of rotatable bonds is 8. The van der Waals surface area contributed by atoms with Gasteiger partial charge >= 0.3 is 0 Å². The van der Waals surface area contributed by atoms with E-state index < -0.39 is 10.0 Å². The van der Waals surface area contributed by atoms with Gasteiger partial charge in [0.05, 0.1) is 10.7 Å². The monoisotopic (exact) mass is 280 g/mol. The van der Waals surface area contributed by atoms with Crippen molar-refractivity contribution < 1.29 is 8.42 Å². The molecule has 0 aliphatic rings. The molecule has 0 aromatic rings. The molecule has 102 valence electrons. The minimum absolute atomic E-state index is 0.125. The first-order chi connectivity index (χ1) is 7.65. The lowest BCUT2D eigenvalue weighted by molar-refractivity contribution is 0.372. The van der Waals surface area contributed by atoms with E-state index in [9.17, 15) is 8.42 Å². The first-order valence-electron chi connectivity index (χ1n) is 5.91. The normalized spacial score (nSPS) is 12.6. The van der Waals surface area contributed by atoms with Gasteiger partial charge in [0, 0.05) is 19.5 Å². The van der Waals surface area contributed by atoms with Gasteiger partial charge < -0.3 is 5.73 Å². The summed E-state index contributed by atoms with van der Waals surface area (Å²) in [7, 11) is -3.19. The molecule has 17 heavy (non-hydrogen) atoms. The van der Waals surface area contributed by atoms with Gasteiger partial charge in [-0.2, -0.15) is 0 Å². The van der Waals surface area contributed by atoms with Crippen molar-refractivity contribution in [1.82, 2.24) is 4.31 Å². The quantitative estimate of drug-likeness (QED) is 0.686. The van der Waals surface area contributed by atoms with E-state index >= 15 is 0 Å². The molecule has 0 bridgehead atoms. The molecule has 0 atom stereocenters. The highest BCUT2D eigenvalue weighted by Crippen LogP contribution is 2.11. The van der Waals surface area contributed by atoms with Crippen LogP contribution in [-0.4, -0.2) is 36.6 Å². The number of hydrogen-bond acceptors (Lipinski definition) is 3. The van der Waals surface area contributed by atoms with E-state index in [1.54, 1.807) is 0 Å². The smallest absolute Gasteiger partial charge is 0.214 e. The van der Waals surface area contributed by atoms with Crippen molar-refractivity contribution in [3.8, 4) is 0 Å². The van der Waals surface area contributed by atoms with Gasteiger partial charge in [-0.15, -0.1) is 0 Å². The molecule has 0 unspecified atom stereocenters. The van der Waals surface area contributed by atoms with Crippen LogP contribution in [-0.2, 0) is 10.0 Å². The van der Waals surface area contributed by atoms with Gasteiger partial charge in [0.2, 0.25) is 10.0 Å². The van der Waals surface area contributed by atoms with E-state index in [0.717, 1.165) is 0 Å². The highest BCUT2D eigenvalue weighted by molar-refractivity contribution is 7.89. The second kappa shape index (κ2) is 7.28. The predicted octanol–water partition coefficient (Wildman–Crippen LogP) is 1.61. The largest absolute Gasteiger partial charge is 0.393 e. The average Bonchev–Trinajstić information content (AvgIpc) is 2.08. The lowest BCUT2D eigenvalue weighted by Gasteiger charge is -2.24. The van der Waals surface area contributed by atoms with Crippen LogP contribution < -0.4 is 5.73 Å². The van der Waals surface area contributed by atoms with E-state index in [2.05, 4.69) is 0 Å². The molecule has 6 heteroatoms. The predicted molar refractivity (Wildman–Crippen MR) is 76.4 cm³/mol. The van der Waals surface area contributed by atoms with Gasteiger partial charge in [0.15, 0.2) is 0 Å². The topological polar surface area (TPSA) is 63.4 Å². The standard InChI is InChI=1S/C11H24N2O2S2/c1-9(2)7-13(6-5-11(12)16)17(14,15)8-10(3)4/h9-10H,5-8H2,1-4H3,(H2,12,16). The van der Waals surface area contributed by atoms with Crippen LogP contribution in [0.4, 0.5) is 0 Å². The van der Waals surface area contributed by atoms with E-state index in [1.165, 1.54) is 4.31 Å². The van der Waals surface area contributed by atoms with Gasteiger partial charge in [-0.25, -0.2) is 12.7 Å². The van der Waals surface area contributed by atoms with Crippen molar-refractivity contribution in [2.75, 3.05) is 18.8 Å². The molecule has 2 N–H and O–H groups in total. The summed E-state index contributed by atoms with van der Waals surface area (Å²) in [6, 6.07) is 0. The molecule has 0 heterocycles. The number of thiocarbonyl (C=S) groups is 1. The number of nitrogens with zero attached hydrogens (tertiary/aromatic N) is 1. The van der Waals surface area contributed by atoms with Crippen molar-refractivity contribution in [2.45, 2.75) is 34.1 Å². The van der Waals surface area contributed by atoms with Crippen molar-refractivity contribution in [2.24, 2.45) is 17.6 Å². The van der Waals surface area contributed by atoms with Crippen LogP contribution in [0.1, 0.15) is 34.1 Å². The zero-order valence-corrected chi connectivity index (χ0v) is 12.8. The first kappa shape index (κ1) is 16.8. The van der Waals surface area contributed by atoms with Gasteiger partial charge in [0.1, 0.15) is 0 Å². The Morgan fingerprint density at radius 1 is 1.24 bits per heavy atom. The van der Waals surface area contributed by atoms with Crippen LogP contribution in [0.3, 0.4) is 0 Å². The molecule has 0 saturated carbocycles. The van der Waals surface area contributed by atoms with Gasteiger partial charge in [-0.05, 0) is 11.8 Å². The zero-order chi connectivity index (χ0) is 13.6. The molecule has 0 aliphatic carbocycles. The molecule has 0 spiro atoms. The van der Waals surface area contributed by atoms with Crippen LogP contribution in [0, 0.1) is 11.8 Å². The second-order valence-corrected chi connectivity index (χ2v) is 7.68. The maximum absolute atomic E-state index is 12.1. The zero-order valence-electron chi connectivity index (χ0n) is 11.1. The maximum Gasteiger partial charge on any atom is 0.214 e. The Kier molecular flexibility index (Phi) is 7.20. The Bertz CT molecular complexity index is 337. The second-order valence-electron chi connectivity index (χ2n) is 5.14. The molecular weight excluding hydrogens is 256 g/mol. The summed E-state index contributed by atoms with van der Waals surface area (Å²) >= 11 is 4.79. The number of sulfonamides is 1. The molecule has 0 radical (unpaired) electrons. The fraction of sp³-hybridized carbons (Fsp3) is 0.909. The Morgan fingerprint density at radius 2 is 1.76 bits per heavy atom.